The maximum absolute atomic E-state index is 13.0. The Balaban J connectivity index is 2.02. The molecule has 118 valence electrons. The highest BCUT2D eigenvalue weighted by molar-refractivity contribution is 6.02. The number of carbonyl (C=O) groups is 2. The average molecular weight is 313 g/mol. The van der Waals surface area contributed by atoms with Crippen LogP contribution in [0.15, 0.2) is 48.5 Å². The molecular weight excluding hydrogens is 297 g/mol. The molecule has 0 saturated heterocycles. The quantitative estimate of drug-likeness (QED) is 0.693. The SMILES string of the molecule is COC(=O)c1ccc(/C=C/C(=O)Nc2ccc(F)cc2C)cc1. The van der Waals surface area contributed by atoms with E-state index in [-0.39, 0.29) is 11.7 Å². The Morgan fingerprint density at radius 2 is 1.83 bits per heavy atom. The lowest BCUT2D eigenvalue weighted by Gasteiger charge is -2.06. The molecule has 5 heteroatoms. The van der Waals surface area contributed by atoms with Crippen LogP contribution >= 0.6 is 0 Å². The Morgan fingerprint density at radius 3 is 2.43 bits per heavy atom. The van der Waals surface area contributed by atoms with Crippen LogP contribution in [0.2, 0.25) is 0 Å². The summed E-state index contributed by atoms with van der Waals surface area (Å²) in [6.07, 6.45) is 2.99. The zero-order valence-corrected chi connectivity index (χ0v) is 12.8. The van der Waals surface area contributed by atoms with Gasteiger partial charge in [0.2, 0.25) is 5.91 Å². The van der Waals surface area contributed by atoms with Crippen molar-refractivity contribution in [3.8, 4) is 0 Å². The lowest BCUT2D eigenvalue weighted by molar-refractivity contribution is -0.111. The summed E-state index contributed by atoms with van der Waals surface area (Å²) in [5, 5.41) is 2.68. The lowest BCUT2D eigenvalue weighted by atomic mass is 10.1. The van der Waals surface area contributed by atoms with Crippen LogP contribution < -0.4 is 5.32 Å². The Bertz CT molecular complexity index is 751. The summed E-state index contributed by atoms with van der Waals surface area (Å²) in [6, 6.07) is 10.8. The van der Waals surface area contributed by atoms with E-state index in [0.717, 1.165) is 5.56 Å². The molecule has 0 heterocycles. The van der Waals surface area contributed by atoms with Gasteiger partial charge in [-0.3, -0.25) is 4.79 Å². The van der Waals surface area contributed by atoms with Crippen molar-refractivity contribution in [3.63, 3.8) is 0 Å². The average Bonchev–Trinajstić information content (AvgIpc) is 2.55. The van der Waals surface area contributed by atoms with Crippen molar-refractivity contribution in [2.45, 2.75) is 6.92 Å². The maximum Gasteiger partial charge on any atom is 0.337 e. The van der Waals surface area contributed by atoms with Gasteiger partial charge in [-0.25, -0.2) is 9.18 Å². The van der Waals surface area contributed by atoms with Gasteiger partial charge in [0.15, 0.2) is 0 Å². The minimum atomic E-state index is -0.412. The second-order valence-electron chi connectivity index (χ2n) is 4.90. The fourth-order valence-electron chi connectivity index (χ4n) is 1.96. The normalized spacial score (nSPS) is 10.6. The van der Waals surface area contributed by atoms with E-state index < -0.39 is 5.97 Å². The molecule has 0 aromatic heterocycles. The first kappa shape index (κ1) is 16.4. The molecule has 2 aromatic carbocycles. The Morgan fingerprint density at radius 1 is 1.13 bits per heavy atom. The third kappa shape index (κ3) is 4.51. The third-order valence-corrected chi connectivity index (χ3v) is 3.21. The summed E-state index contributed by atoms with van der Waals surface area (Å²) in [6.45, 7) is 1.72. The van der Waals surface area contributed by atoms with Gasteiger partial charge in [-0.05, 0) is 54.5 Å². The summed E-state index contributed by atoms with van der Waals surface area (Å²) in [4.78, 5) is 23.2. The molecule has 0 bridgehead atoms. The van der Waals surface area contributed by atoms with E-state index >= 15 is 0 Å². The fourth-order valence-corrected chi connectivity index (χ4v) is 1.96. The number of ether oxygens (including phenoxy) is 1. The lowest BCUT2D eigenvalue weighted by Crippen LogP contribution is -2.09. The minimum Gasteiger partial charge on any atom is -0.465 e. The summed E-state index contributed by atoms with van der Waals surface area (Å²) >= 11 is 0. The first-order chi connectivity index (χ1) is 11.0. The second kappa shape index (κ2) is 7.35. The molecule has 0 aliphatic carbocycles. The zero-order chi connectivity index (χ0) is 16.8. The standard InChI is InChI=1S/C18H16FNO3/c1-12-11-15(19)8-9-16(12)20-17(21)10-5-13-3-6-14(7-4-13)18(22)23-2/h3-11H,1-2H3,(H,20,21)/b10-5+. The van der Waals surface area contributed by atoms with Crippen molar-refractivity contribution in [2.24, 2.45) is 0 Å². The molecule has 0 unspecified atom stereocenters. The van der Waals surface area contributed by atoms with Crippen LogP contribution in [0, 0.1) is 12.7 Å². The molecule has 23 heavy (non-hydrogen) atoms. The first-order valence-corrected chi connectivity index (χ1v) is 6.93. The number of anilines is 1. The highest BCUT2D eigenvalue weighted by Crippen LogP contribution is 2.15. The number of hydrogen-bond acceptors (Lipinski definition) is 3. The van der Waals surface area contributed by atoms with Gasteiger partial charge >= 0.3 is 5.97 Å². The number of carbonyl (C=O) groups excluding carboxylic acids is 2. The number of nitrogens with one attached hydrogen (secondary N) is 1. The Labute approximate surface area is 133 Å². The predicted molar refractivity (Wildman–Crippen MR) is 86.6 cm³/mol. The first-order valence-electron chi connectivity index (χ1n) is 6.93. The topological polar surface area (TPSA) is 55.4 Å². The van der Waals surface area contributed by atoms with Crippen molar-refractivity contribution in [2.75, 3.05) is 12.4 Å². The number of halogens is 1. The molecule has 2 rings (SSSR count). The summed E-state index contributed by atoms with van der Waals surface area (Å²) in [5.41, 5.74) is 2.41. The zero-order valence-electron chi connectivity index (χ0n) is 12.8. The van der Waals surface area contributed by atoms with E-state index in [1.165, 1.54) is 31.4 Å². The number of rotatable bonds is 4. The molecule has 0 aliphatic heterocycles. The maximum atomic E-state index is 13.0. The van der Waals surface area contributed by atoms with Gasteiger partial charge in [0.05, 0.1) is 12.7 Å². The number of esters is 1. The van der Waals surface area contributed by atoms with E-state index in [2.05, 4.69) is 10.1 Å². The second-order valence-corrected chi connectivity index (χ2v) is 4.90. The molecular formula is C18H16FNO3. The number of aryl methyl sites for hydroxylation is 1. The van der Waals surface area contributed by atoms with E-state index in [4.69, 9.17) is 0 Å². The van der Waals surface area contributed by atoms with E-state index in [1.54, 1.807) is 37.3 Å². The van der Waals surface area contributed by atoms with E-state index in [0.29, 0.717) is 16.8 Å². The Kier molecular flexibility index (Phi) is 5.25. The third-order valence-electron chi connectivity index (χ3n) is 3.21. The van der Waals surface area contributed by atoms with Gasteiger partial charge < -0.3 is 10.1 Å². The van der Waals surface area contributed by atoms with Crippen LogP contribution in [0.5, 0.6) is 0 Å². The molecule has 0 atom stereocenters. The summed E-state index contributed by atoms with van der Waals surface area (Å²) < 4.78 is 17.6. The van der Waals surface area contributed by atoms with Crippen molar-refractivity contribution in [1.29, 1.82) is 0 Å². The summed E-state index contributed by atoms with van der Waals surface area (Å²) in [5.74, 6) is -1.08. The minimum absolute atomic E-state index is 0.322. The number of hydrogen-bond donors (Lipinski definition) is 1. The van der Waals surface area contributed by atoms with Crippen molar-refractivity contribution < 1.29 is 18.7 Å². The van der Waals surface area contributed by atoms with Crippen LogP contribution in [-0.4, -0.2) is 19.0 Å². The van der Waals surface area contributed by atoms with Crippen molar-refractivity contribution >= 4 is 23.6 Å². The van der Waals surface area contributed by atoms with Crippen LogP contribution in [0.1, 0.15) is 21.5 Å². The fraction of sp³-hybridized carbons (Fsp3) is 0.111. The molecule has 2 aromatic rings. The monoisotopic (exact) mass is 313 g/mol. The molecule has 1 amide bonds. The smallest absolute Gasteiger partial charge is 0.337 e. The van der Waals surface area contributed by atoms with Crippen LogP contribution in [0.3, 0.4) is 0 Å². The molecule has 0 aliphatic rings. The largest absolute Gasteiger partial charge is 0.465 e. The van der Waals surface area contributed by atoms with Gasteiger partial charge in [0.1, 0.15) is 5.82 Å². The number of benzene rings is 2. The molecule has 0 fully saturated rings. The van der Waals surface area contributed by atoms with Crippen molar-refractivity contribution in [1.82, 2.24) is 0 Å². The van der Waals surface area contributed by atoms with Gasteiger partial charge in [-0.1, -0.05) is 12.1 Å². The van der Waals surface area contributed by atoms with Gasteiger partial charge in [-0.15, -0.1) is 0 Å². The van der Waals surface area contributed by atoms with E-state index in [9.17, 15) is 14.0 Å². The molecule has 0 spiro atoms. The molecule has 0 radical (unpaired) electrons. The van der Waals surface area contributed by atoms with Crippen LogP contribution in [0.25, 0.3) is 6.08 Å². The van der Waals surface area contributed by atoms with Gasteiger partial charge in [0.25, 0.3) is 0 Å². The highest BCUT2D eigenvalue weighted by Gasteiger charge is 2.04. The number of methoxy groups -OCH3 is 1. The van der Waals surface area contributed by atoms with Crippen molar-refractivity contribution in [3.05, 3.63) is 71.0 Å². The van der Waals surface area contributed by atoms with Gasteiger partial charge in [-0.2, -0.15) is 0 Å². The summed E-state index contributed by atoms with van der Waals surface area (Å²) in [7, 11) is 1.32. The highest BCUT2D eigenvalue weighted by atomic mass is 19.1. The molecule has 1 N–H and O–H groups in total. The van der Waals surface area contributed by atoms with Crippen LogP contribution in [0.4, 0.5) is 10.1 Å². The Hall–Kier alpha value is -2.95. The van der Waals surface area contributed by atoms with E-state index in [1.807, 2.05) is 0 Å². The van der Waals surface area contributed by atoms with Crippen LogP contribution in [-0.2, 0) is 9.53 Å². The number of amides is 1. The molecule has 4 nitrogen and oxygen atoms in total. The predicted octanol–water partition coefficient (Wildman–Crippen LogP) is 3.57. The van der Waals surface area contributed by atoms with Gasteiger partial charge in [0, 0.05) is 11.8 Å². The molecule has 0 saturated carbocycles.